The maximum atomic E-state index is 11.4. The largest absolute Gasteiger partial charge is 0.360 e. The minimum absolute atomic E-state index is 0.139. The van der Waals surface area contributed by atoms with Gasteiger partial charge >= 0.3 is 0 Å². The van der Waals surface area contributed by atoms with E-state index in [4.69, 9.17) is 10.3 Å². The van der Waals surface area contributed by atoms with E-state index in [0.717, 1.165) is 19.3 Å². The number of hydrogen-bond acceptors (Lipinski definition) is 4. The Morgan fingerprint density at radius 2 is 2.53 bits per heavy atom. The number of carbonyl (C=O) groups is 1. The zero-order chi connectivity index (χ0) is 11.1. The van der Waals surface area contributed by atoms with E-state index in [-0.39, 0.29) is 5.91 Å². The van der Waals surface area contributed by atoms with Crippen molar-refractivity contribution in [2.75, 3.05) is 0 Å². The molecular formula is C10H17N3O2. The molecule has 0 saturated heterocycles. The maximum Gasteiger partial charge on any atom is 0.237 e. The molecule has 1 unspecified atom stereocenters. The lowest BCUT2D eigenvalue weighted by molar-refractivity contribution is -0.122. The molecule has 0 fully saturated rings. The van der Waals surface area contributed by atoms with Gasteiger partial charge in [-0.1, -0.05) is 24.9 Å². The van der Waals surface area contributed by atoms with Crippen molar-refractivity contribution >= 4 is 5.91 Å². The highest BCUT2D eigenvalue weighted by atomic mass is 16.5. The Morgan fingerprint density at radius 1 is 1.73 bits per heavy atom. The zero-order valence-corrected chi connectivity index (χ0v) is 8.90. The summed E-state index contributed by atoms with van der Waals surface area (Å²) in [4.78, 5) is 11.4. The smallest absolute Gasteiger partial charge is 0.237 e. The van der Waals surface area contributed by atoms with E-state index in [0.29, 0.717) is 12.3 Å². The minimum atomic E-state index is -0.423. The first-order valence-corrected chi connectivity index (χ1v) is 5.17. The Morgan fingerprint density at radius 3 is 3.13 bits per heavy atom. The van der Waals surface area contributed by atoms with Gasteiger partial charge in [-0.3, -0.25) is 4.79 Å². The molecule has 1 aromatic rings. The molecular weight excluding hydrogens is 194 g/mol. The van der Waals surface area contributed by atoms with Crippen molar-refractivity contribution < 1.29 is 9.32 Å². The molecule has 0 aromatic carbocycles. The average molecular weight is 211 g/mol. The topological polar surface area (TPSA) is 81.2 Å². The molecule has 0 radical (unpaired) electrons. The van der Waals surface area contributed by atoms with Crippen LogP contribution in [0, 0.1) is 0 Å². The lowest BCUT2D eigenvalue weighted by Gasteiger charge is -2.10. The van der Waals surface area contributed by atoms with Crippen molar-refractivity contribution in [2.45, 2.75) is 38.8 Å². The highest BCUT2D eigenvalue weighted by Gasteiger charge is 2.12. The standard InChI is InChI=1S/C10H17N3O2/c1-2-3-4-9(11)10(14)12-7-8-5-6-13-15-8/h5-6,9H,2-4,7,11H2,1H3,(H,12,14). The van der Waals surface area contributed by atoms with Gasteiger partial charge in [0, 0.05) is 6.07 Å². The normalized spacial score (nSPS) is 12.4. The molecule has 0 saturated carbocycles. The zero-order valence-electron chi connectivity index (χ0n) is 8.90. The van der Waals surface area contributed by atoms with Gasteiger partial charge in [-0.05, 0) is 6.42 Å². The number of aromatic nitrogens is 1. The summed E-state index contributed by atoms with van der Waals surface area (Å²) in [5, 5.41) is 6.23. The molecule has 1 amide bonds. The summed E-state index contributed by atoms with van der Waals surface area (Å²) in [7, 11) is 0. The van der Waals surface area contributed by atoms with E-state index < -0.39 is 6.04 Å². The fourth-order valence-corrected chi connectivity index (χ4v) is 1.19. The van der Waals surface area contributed by atoms with Crippen LogP contribution in [0.25, 0.3) is 0 Å². The third-order valence-electron chi connectivity index (χ3n) is 2.13. The van der Waals surface area contributed by atoms with Crippen molar-refractivity contribution in [2.24, 2.45) is 5.73 Å². The van der Waals surface area contributed by atoms with Crippen LogP contribution >= 0.6 is 0 Å². The number of hydrogen-bond donors (Lipinski definition) is 2. The van der Waals surface area contributed by atoms with Crippen molar-refractivity contribution in [3.63, 3.8) is 0 Å². The van der Waals surface area contributed by atoms with E-state index in [1.807, 2.05) is 0 Å². The SMILES string of the molecule is CCCCC(N)C(=O)NCc1ccno1. The van der Waals surface area contributed by atoms with Crippen LogP contribution in [0.3, 0.4) is 0 Å². The van der Waals surface area contributed by atoms with Crippen molar-refractivity contribution in [1.82, 2.24) is 10.5 Å². The molecule has 1 atom stereocenters. The van der Waals surface area contributed by atoms with Crippen LogP contribution in [0.1, 0.15) is 31.9 Å². The third kappa shape index (κ3) is 4.12. The number of nitrogens with two attached hydrogens (primary N) is 1. The van der Waals surface area contributed by atoms with Crippen molar-refractivity contribution in [3.05, 3.63) is 18.0 Å². The van der Waals surface area contributed by atoms with Gasteiger partial charge in [0.1, 0.15) is 0 Å². The number of nitrogens with zero attached hydrogens (tertiary/aromatic N) is 1. The molecule has 0 bridgehead atoms. The first kappa shape index (κ1) is 11.7. The molecule has 0 spiro atoms. The molecule has 84 valence electrons. The van der Waals surface area contributed by atoms with Crippen LogP contribution in [0.5, 0.6) is 0 Å². The summed E-state index contributed by atoms with van der Waals surface area (Å²) in [6.45, 7) is 2.41. The van der Waals surface area contributed by atoms with Gasteiger partial charge in [-0.15, -0.1) is 0 Å². The molecule has 15 heavy (non-hydrogen) atoms. The Kier molecular flexibility index (Phi) is 4.83. The van der Waals surface area contributed by atoms with E-state index in [1.54, 1.807) is 12.3 Å². The summed E-state index contributed by atoms with van der Waals surface area (Å²) < 4.78 is 4.84. The number of nitrogens with one attached hydrogen (secondary N) is 1. The predicted octanol–water partition coefficient (Wildman–Crippen LogP) is 0.808. The van der Waals surface area contributed by atoms with E-state index in [1.165, 1.54) is 0 Å². The van der Waals surface area contributed by atoms with Crippen molar-refractivity contribution in [3.8, 4) is 0 Å². The summed E-state index contributed by atoms with van der Waals surface area (Å²) in [5.74, 6) is 0.492. The Hall–Kier alpha value is -1.36. The van der Waals surface area contributed by atoms with Gasteiger partial charge in [0.25, 0.3) is 0 Å². The number of amides is 1. The third-order valence-corrected chi connectivity index (χ3v) is 2.13. The molecule has 5 nitrogen and oxygen atoms in total. The van der Waals surface area contributed by atoms with Crippen LogP contribution in [-0.4, -0.2) is 17.1 Å². The van der Waals surface area contributed by atoms with E-state index in [9.17, 15) is 4.79 Å². The number of unbranched alkanes of at least 4 members (excludes halogenated alkanes) is 1. The van der Waals surface area contributed by atoms with Crippen LogP contribution in [-0.2, 0) is 11.3 Å². The summed E-state index contributed by atoms with van der Waals surface area (Å²) in [5.41, 5.74) is 5.68. The monoisotopic (exact) mass is 211 g/mol. The summed E-state index contributed by atoms with van der Waals surface area (Å²) in [6, 6.07) is 1.28. The van der Waals surface area contributed by atoms with Gasteiger partial charge in [0.15, 0.2) is 5.76 Å². The second-order valence-electron chi connectivity index (χ2n) is 3.45. The molecule has 1 rings (SSSR count). The van der Waals surface area contributed by atoms with E-state index in [2.05, 4.69) is 17.4 Å². The summed E-state index contributed by atoms with van der Waals surface area (Å²) >= 11 is 0. The molecule has 0 aliphatic carbocycles. The lowest BCUT2D eigenvalue weighted by Crippen LogP contribution is -2.40. The molecule has 1 heterocycles. The first-order valence-electron chi connectivity index (χ1n) is 5.17. The minimum Gasteiger partial charge on any atom is -0.360 e. The fraction of sp³-hybridized carbons (Fsp3) is 0.600. The van der Waals surface area contributed by atoms with Gasteiger partial charge < -0.3 is 15.6 Å². The predicted molar refractivity (Wildman–Crippen MR) is 55.9 cm³/mol. The Balaban J connectivity index is 2.23. The molecule has 3 N–H and O–H groups in total. The van der Waals surface area contributed by atoms with Crippen LogP contribution in [0.15, 0.2) is 16.8 Å². The van der Waals surface area contributed by atoms with Crippen LogP contribution in [0.4, 0.5) is 0 Å². The van der Waals surface area contributed by atoms with Crippen molar-refractivity contribution in [1.29, 1.82) is 0 Å². The molecule has 0 aliphatic heterocycles. The second kappa shape index (κ2) is 6.19. The highest BCUT2D eigenvalue weighted by Crippen LogP contribution is 1.99. The molecule has 0 aliphatic rings. The number of rotatable bonds is 6. The summed E-state index contributed by atoms with van der Waals surface area (Å²) in [6.07, 6.45) is 4.28. The highest BCUT2D eigenvalue weighted by molar-refractivity contribution is 5.81. The second-order valence-corrected chi connectivity index (χ2v) is 3.45. The molecule has 5 heteroatoms. The van der Waals surface area contributed by atoms with Gasteiger partial charge in [0.2, 0.25) is 5.91 Å². The average Bonchev–Trinajstić information content (AvgIpc) is 2.75. The first-order chi connectivity index (χ1) is 7.24. The lowest BCUT2D eigenvalue weighted by atomic mass is 10.1. The number of carbonyl (C=O) groups excluding carboxylic acids is 1. The quantitative estimate of drug-likeness (QED) is 0.729. The van der Waals surface area contributed by atoms with Gasteiger partial charge in [-0.2, -0.15) is 0 Å². The van der Waals surface area contributed by atoms with Crippen LogP contribution < -0.4 is 11.1 Å². The fourth-order valence-electron chi connectivity index (χ4n) is 1.19. The van der Waals surface area contributed by atoms with E-state index >= 15 is 0 Å². The van der Waals surface area contributed by atoms with Crippen LogP contribution in [0.2, 0.25) is 0 Å². The Labute approximate surface area is 89.0 Å². The maximum absolute atomic E-state index is 11.4. The van der Waals surface area contributed by atoms with Gasteiger partial charge in [0.05, 0.1) is 18.8 Å². The van der Waals surface area contributed by atoms with Gasteiger partial charge in [-0.25, -0.2) is 0 Å². The Bertz CT molecular complexity index is 285. The molecule has 1 aromatic heterocycles.